The van der Waals surface area contributed by atoms with Gasteiger partial charge in [-0.25, -0.2) is 23.7 Å². The largest absolute Gasteiger partial charge is 0.402 e. The fourth-order valence-corrected chi connectivity index (χ4v) is 4.82. The van der Waals surface area contributed by atoms with Gasteiger partial charge in [0.25, 0.3) is 0 Å². The predicted molar refractivity (Wildman–Crippen MR) is 130 cm³/mol. The molecule has 9 nitrogen and oxygen atoms in total. The molecule has 5 rings (SSSR count). The summed E-state index contributed by atoms with van der Waals surface area (Å²) in [7, 11) is -4.26. The third kappa shape index (κ3) is 5.45. The Labute approximate surface area is 218 Å². The number of nitrogens with zero attached hydrogens (tertiary/aromatic N) is 4. The molecule has 1 saturated carbocycles. The molecule has 0 radical (unpaired) electrons. The number of aromatic amines is 1. The van der Waals surface area contributed by atoms with Gasteiger partial charge in [0.2, 0.25) is 5.78 Å². The van der Waals surface area contributed by atoms with E-state index in [1.165, 1.54) is 12.4 Å². The second kappa shape index (κ2) is 9.64. The summed E-state index contributed by atoms with van der Waals surface area (Å²) in [5.41, 5.74) is -0.790. The van der Waals surface area contributed by atoms with Gasteiger partial charge in [-0.1, -0.05) is 0 Å². The summed E-state index contributed by atoms with van der Waals surface area (Å²) in [5.74, 6) is -2.95. The number of halogens is 5. The molecule has 204 valence electrons. The van der Waals surface area contributed by atoms with Crippen LogP contribution in [0.3, 0.4) is 0 Å². The van der Waals surface area contributed by atoms with Gasteiger partial charge in [-0.05, 0) is 31.0 Å². The van der Waals surface area contributed by atoms with Gasteiger partial charge < -0.3 is 4.98 Å². The van der Waals surface area contributed by atoms with E-state index in [1.807, 2.05) is 0 Å². The quantitative estimate of drug-likeness (QED) is 0.238. The fourth-order valence-electron chi connectivity index (χ4n) is 3.92. The van der Waals surface area contributed by atoms with Gasteiger partial charge >= 0.3 is 16.4 Å². The van der Waals surface area contributed by atoms with Crippen LogP contribution in [0.15, 0.2) is 43.0 Å². The van der Waals surface area contributed by atoms with Crippen LogP contribution >= 0.6 is 0 Å². The van der Waals surface area contributed by atoms with E-state index in [1.54, 1.807) is 23.2 Å². The van der Waals surface area contributed by atoms with E-state index in [0.717, 1.165) is 18.7 Å². The van der Waals surface area contributed by atoms with Crippen molar-refractivity contribution in [3.8, 4) is 11.1 Å². The lowest BCUT2D eigenvalue weighted by Gasteiger charge is -2.20. The Morgan fingerprint density at radius 2 is 1.77 bits per heavy atom. The number of rotatable bonds is 8. The van der Waals surface area contributed by atoms with Crippen molar-refractivity contribution in [2.75, 3.05) is 18.3 Å². The molecule has 1 aliphatic rings. The highest BCUT2D eigenvalue weighted by Crippen LogP contribution is 2.38. The molecule has 1 aromatic carbocycles. The van der Waals surface area contributed by atoms with Crippen LogP contribution in [-0.2, 0) is 10.2 Å². The number of carbonyl (C=O) groups excluding carboxylic acids is 1. The monoisotopic (exact) mass is 566 g/mol. The van der Waals surface area contributed by atoms with Gasteiger partial charge in [0.05, 0.1) is 11.3 Å². The molecule has 0 saturated heterocycles. The summed E-state index contributed by atoms with van der Waals surface area (Å²) < 4.78 is 94.0. The van der Waals surface area contributed by atoms with Gasteiger partial charge in [-0.2, -0.15) is 25.9 Å². The smallest absolute Gasteiger partial charge is 0.345 e. The van der Waals surface area contributed by atoms with Crippen LogP contribution in [0.4, 0.5) is 27.6 Å². The van der Waals surface area contributed by atoms with E-state index in [4.69, 9.17) is 0 Å². The molecule has 1 fully saturated rings. The second-order valence-electron chi connectivity index (χ2n) is 9.02. The van der Waals surface area contributed by atoms with E-state index in [-0.39, 0.29) is 20.9 Å². The lowest BCUT2D eigenvalue weighted by molar-refractivity contribution is -0.134. The molecule has 3 aromatic heterocycles. The molecule has 3 heterocycles. The average Bonchev–Trinajstić information content (AvgIpc) is 3.63. The standard InChI is InChI=1S/C24H19F5N6O3S/c1-35(11-24(27,28)29)39(37,38)34-18-5-4-17(25)19(20(18)26)21(36)16-10-33-23-15(16)6-13(7-32-23)14-8-30-22(31-9-14)12-2-3-12/h4-10,12,34H,2-3,11H2,1H3,(H,32,33). The first-order valence-electron chi connectivity index (χ1n) is 11.5. The fraction of sp³-hybridized carbons (Fsp3) is 0.250. The minimum atomic E-state index is -4.89. The van der Waals surface area contributed by atoms with Crippen molar-refractivity contribution in [1.29, 1.82) is 0 Å². The minimum absolute atomic E-state index is 0.0922. The SMILES string of the molecule is CN(CC(F)(F)F)S(=O)(=O)Nc1ccc(F)c(C(=O)c2c[nH]c3ncc(-c4cnc(C5CC5)nc4)cc23)c1F. The lowest BCUT2D eigenvalue weighted by atomic mass is 10.0. The van der Waals surface area contributed by atoms with Gasteiger partial charge in [0.15, 0.2) is 5.82 Å². The van der Waals surface area contributed by atoms with E-state index >= 15 is 4.39 Å². The van der Waals surface area contributed by atoms with Crippen molar-refractivity contribution in [2.45, 2.75) is 24.9 Å². The molecule has 1 aliphatic carbocycles. The Kier molecular flexibility index (Phi) is 6.58. The number of benzene rings is 1. The Morgan fingerprint density at radius 3 is 2.41 bits per heavy atom. The number of H-pyrrole nitrogens is 1. The Morgan fingerprint density at radius 1 is 1.10 bits per heavy atom. The average molecular weight is 567 g/mol. The van der Waals surface area contributed by atoms with E-state index in [0.29, 0.717) is 36.2 Å². The maximum Gasteiger partial charge on any atom is 0.402 e. The van der Waals surface area contributed by atoms with Crippen LogP contribution in [-0.4, -0.2) is 58.2 Å². The van der Waals surface area contributed by atoms with Crippen LogP contribution in [0.1, 0.15) is 40.5 Å². The second-order valence-corrected chi connectivity index (χ2v) is 10.8. The third-order valence-electron chi connectivity index (χ3n) is 6.09. The number of alkyl halides is 3. The molecular formula is C24H19F5N6O3S. The maximum atomic E-state index is 15.3. The number of aromatic nitrogens is 4. The van der Waals surface area contributed by atoms with E-state index in [9.17, 15) is 30.8 Å². The molecule has 0 atom stereocenters. The lowest BCUT2D eigenvalue weighted by Crippen LogP contribution is -2.39. The van der Waals surface area contributed by atoms with Crippen LogP contribution in [0.25, 0.3) is 22.2 Å². The number of pyridine rings is 1. The van der Waals surface area contributed by atoms with Crippen LogP contribution in [0.5, 0.6) is 0 Å². The van der Waals surface area contributed by atoms with Gasteiger partial charge in [-0.3, -0.25) is 9.52 Å². The predicted octanol–water partition coefficient (Wildman–Crippen LogP) is 4.56. The van der Waals surface area contributed by atoms with E-state index < -0.39 is 51.6 Å². The molecule has 0 aliphatic heterocycles. The number of anilines is 1. The van der Waals surface area contributed by atoms with Crippen molar-refractivity contribution in [2.24, 2.45) is 0 Å². The molecule has 39 heavy (non-hydrogen) atoms. The van der Waals surface area contributed by atoms with Crippen molar-refractivity contribution >= 4 is 32.7 Å². The number of hydrogen-bond acceptors (Lipinski definition) is 6. The number of nitrogens with one attached hydrogen (secondary N) is 2. The molecule has 15 heteroatoms. The number of ketones is 1. The summed E-state index contributed by atoms with van der Waals surface area (Å²) >= 11 is 0. The van der Waals surface area contributed by atoms with Gasteiger partial charge in [0, 0.05) is 59.8 Å². The number of fused-ring (bicyclic) bond motifs is 1. The minimum Gasteiger partial charge on any atom is -0.345 e. The van der Waals surface area contributed by atoms with Crippen LogP contribution < -0.4 is 4.72 Å². The highest BCUT2D eigenvalue weighted by Gasteiger charge is 2.35. The molecular weight excluding hydrogens is 547 g/mol. The van der Waals surface area contributed by atoms with Crippen LogP contribution in [0.2, 0.25) is 0 Å². The summed E-state index contributed by atoms with van der Waals surface area (Å²) in [5, 5.41) is 0.221. The van der Waals surface area contributed by atoms with Crippen molar-refractivity contribution < 1.29 is 35.2 Å². The normalized spacial score (nSPS) is 14.2. The van der Waals surface area contributed by atoms with Crippen molar-refractivity contribution in [3.05, 3.63) is 71.6 Å². The molecule has 0 unspecified atom stereocenters. The first-order chi connectivity index (χ1) is 18.3. The van der Waals surface area contributed by atoms with E-state index in [2.05, 4.69) is 19.9 Å². The molecule has 0 bridgehead atoms. The van der Waals surface area contributed by atoms with Crippen LogP contribution in [0, 0.1) is 11.6 Å². The maximum absolute atomic E-state index is 15.3. The van der Waals surface area contributed by atoms with Crippen molar-refractivity contribution in [1.82, 2.24) is 24.2 Å². The highest BCUT2D eigenvalue weighted by atomic mass is 32.2. The van der Waals surface area contributed by atoms with Crippen molar-refractivity contribution in [3.63, 3.8) is 0 Å². The summed E-state index contributed by atoms with van der Waals surface area (Å²) in [6, 6.07) is 2.87. The Bertz CT molecular complexity index is 1690. The first-order valence-corrected chi connectivity index (χ1v) is 12.9. The summed E-state index contributed by atoms with van der Waals surface area (Å²) in [4.78, 5) is 29.0. The molecule has 4 aromatic rings. The molecule has 2 N–H and O–H groups in total. The highest BCUT2D eigenvalue weighted by molar-refractivity contribution is 7.90. The third-order valence-corrected chi connectivity index (χ3v) is 7.52. The van der Waals surface area contributed by atoms with Gasteiger partial charge in [-0.15, -0.1) is 0 Å². The zero-order chi connectivity index (χ0) is 28.1. The zero-order valence-corrected chi connectivity index (χ0v) is 20.9. The number of carbonyl (C=O) groups is 1. The molecule has 0 spiro atoms. The summed E-state index contributed by atoms with van der Waals surface area (Å²) in [6.07, 6.45) is 3.13. The Hall–Kier alpha value is -3.98. The zero-order valence-electron chi connectivity index (χ0n) is 20.1. The first kappa shape index (κ1) is 26.6. The topological polar surface area (TPSA) is 121 Å². The Balaban J connectivity index is 1.48. The number of hydrogen-bond donors (Lipinski definition) is 2. The van der Waals surface area contributed by atoms with Gasteiger partial charge in [0.1, 0.15) is 23.8 Å². The summed E-state index contributed by atoms with van der Waals surface area (Å²) in [6.45, 7) is -1.85. The molecule has 0 amide bonds.